The van der Waals surface area contributed by atoms with E-state index in [9.17, 15) is 9.90 Å². The van der Waals surface area contributed by atoms with Crippen LogP contribution in [-0.2, 0) is 23.7 Å². The minimum atomic E-state index is -1.63. The molecular formula is C30H48O7. The van der Waals surface area contributed by atoms with E-state index in [-0.39, 0.29) is 35.9 Å². The molecule has 0 saturated carbocycles. The van der Waals surface area contributed by atoms with Gasteiger partial charge < -0.3 is 28.8 Å². The number of esters is 1. The van der Waals surface area contributed by atoms with Crippen LogP contribution in [0, 0.1) is 29.1 Å². The van der Waals surface area contributed by atoms with E-state index in [4.69, 9.17) is 23.7 Å². The molecule has 2 aliphatic heterocycles. The Bertz CT molecular complexity index is 917. The number of aliphatic hydroxyl groups is 1. The number of benzene rings is 1. The van der Waals surface area contributed by atoms with Crippen LogP contribution in [0.15, 0.2) is 24.3 Å². The number of hydrogen-bond donors (Lipinski definition) is 1. The summed E-state index contributed by atoms with van der Waals surface area (Å²) in [5.74, 6) is -1.70. The minimum absolute atomic E-state index is 0.0452. The van der Waals surface area contributed by atoms with Crippen molar-refractivity contribution in [2.45, 2.75) is 97.4 Å². The van der Waals surface area contributed by atoms with Crippen molar-refractivity contribution in [3.05, 3.63) is 29.8 Å². The van der Waals surface area contributed by atoms with Crippen molar-refractivity contribution in [1.82, 2.24) is 0 Å². The molecule has 2 heterocycles. The summed E-state index contributed by atoms with van der Waals surface area (Å²) in [6, 6.07) is 8.02. The zero-order chi connectivity index (χ0) is 27.6. The first kappa shape index (κ1) is 29.9. The third-order valence-electron chi connectivity index (χ3n) is 9.11. The van der Waals surface area contributed by atoms with Crippen molar-refractivity contribution in [2.75, 3.05) is 21.3 Å². The predicted molar refractivity (Wildman–Crippen MR) is 142 cm³/mol. The van der Waals surface area contributed by atoms with Crippen molar-refractivity contribution >= 4 is 5.97 Å². The fourth-order valence-electron chi connectivity index (χ4n) is 6.38. The predicted octanol–water partition coefficient (Wildman–Crippen LogP) is 5.89. The number of methoxy groups -OCH3 is 3. The Kier molecular flexibility index (Phi) is 9.37. The fraction of sp³-hybridized carbons (Fsp3) is 0.767. The highest BCUT2D eigenvalue weighted by molar-refractivity contribution is 5.70. The lowest BCUT2D eigenvalue weighted by atomic mass is 9.64. The third kappa shape index (κ3) is 6.16. The van der Waals surface area contributed by atoms with Gasteiger partial charge in [-0.2, -0.15) is 0 Å². The first-order valence-corrected chi connectivity index (χ1v) is 13.6. The molecule has 3 rings (SSSR count). The first-order chi connectivity index (χ1) is 17.3. The van der Waals surface area contributed by atoms with E-state index in [1.165, 1.54) is 7.11 Å². The maximum atomic E-state index is 12.2. The molecule has 1 N–H and O–H groups in total. The van der Waals surface area contributed by atoms with Gasteiger partial charge in [0.05, 0.1) is 32.8 Å². The van der Waals surface area contributed by atoms with Crippen LogP contribution < -0.4 is 4.74 Å². The van der Waals surface area contributed by atoms with E-state index in [1.807, 2.05) is 25.1 Å². The summed E-state index contributed by atoms with van der Waals surface area (Å²) >= 11 is 0. The van der Waals surface area contributed by atoms with Crippen molar-refractivity contribution in [1.29, 1.82) is 0 Å². The lowest BCUT2D eigenvalue weighted by Gasteiger charge is -2.61. The Labute approximate surface area is 223 Å². The van der Waals surface area contributed by atoms with Gasteiger partial charge in [0.2, 0.25) is 0 Å². The van der Waals surface area contributed by atoms with Crippen LogP contribution in [-0.4, -0.2) is 50.1 Å². The molecule has 2 fully saturated rings. The molecule has 8 atom stereocenters. The highest BCUT2D eigenvalue weighted by Crippen LogP contribution is 2.57. The Balaban J connectivity index is 1.81. The molecule has 7 heteroatoms. The van der Waals surface area contributed by atoms with Gasteiger partial charge in [-0.15, -0.1) is 0 Å². The van der Waals surface area contributed by atoms with E-state index >= 15 is 0 Å². The molecule has 1 aromatic carbocycles. The van der Waals surface area contributed by atoms with E-state index in [2.05, 4.69) is 40.7 Å². The smallest absolute Gasteiger partial charge is 0.310 e. The van der Waals surface area contributed by atoms with E-state index in [0.717, 1.165) is 24.2 Å². The minimum Gasteiger partial charge on any atom is -0.497 e. The van der Waals surface area contributed by atoms with E-state index < -0.39 is 17.5 Å². The number of carbonyl (C=O) groups is 1. The van der Waals surface area contributed by atoms with E-state index in [0.29, 0.717) is 24.7 Å². The number of rotatable bonds is 9. The zero-order valence-electron chi connectivity index (χ0n) is 24.2. The summed E-state index contributed by atoms with van der Waals surface area (Å²) in [7, 11) is 4.74. The summed E-state index contributed by atoms with van der Waals surface area (Å²) in [5.41, 5.74) is 0.742. The highest BCUT2D eigenvalue weighted by Gasteiger charge is 2.63. The molecule has 7 nitrogen and oxygen atoms in total. The lowest BCUT2D eigenvalue weighted by Crippen LogP contribution is -2.67. The van der Waals surface area contributed by atoms with Gasteiger partial charge >= 0.3 is 5.97 Å². The van der Waals surface area contributed by atoms with Gasteiger partial charge in [-0.1, -0.05) is 53.7 Å². The van der Waals surface area contributed by atoms with Crippen molar-refractivity contribution in [3.8, 4) is 5.75 Å². The summed E-state index contributed by atoms with van der Waals surface area (Å²) < 4.78 is 29.6. The second kappa shape index (κ2) is 11.6. The van der Waals surface area contributed by atoms with Crippen LogP contribution in [0.5, 0.6) is 5.75 Å². The topological polar surface area (TPSA) is 83.5 Å². The molecule has 0 aromatic heterocycles. The van der Waals surface area contributed by atoms with Crippen molar-refractivity contribution < 1.29 is 33.6 Å². The van der Waals surface area contributed by atoms with Gasteiger partial charge in [-0.25, -0.2) is 0 Å². The number of ether oxygens (including phenoxy) is 5. The molecule has 1 spiro atoms. The van der Waals surface area contributed by atoms with Crippen LogP contribution in [0.4, 0.5) is 0 Å². The lowest BCUT2D eigenvalue weighted by molar-refractivity contribution is -0.449. The first-order valence-electron chi connectivity index (χ1n) is 13.6. The van der Waals surface area contributed by atoms with Gasteiger partial charge in [0.15, 0.2) is 11.6 Å². The van der Waals surface area contributed by atoms with Crippen LogP contribution in [0.1, 0.15) is 85.3 Å². The maximum Gasteiger partial charge on any atom is 0.310 e. The van der Waals surface area contributed by atoms with Gasteiger partial charge in [0.1, 0.15) is 5.75 Å². The average molecular weight is 521 g/mol. The molecule has 0 amide bonds. The molecule has 0 aliphatic carbocycles. The molecule has 2 aliphatic rings. The van der Waals surface area contributed by atoms with Crippen LogP contribution in [0.25, 0.3) is 0 Å². The molecule has 2 saturated heterocycles. The molecule has 0 bridgehead atoms. The Morgan fingerprint density at radius 3 is 2.46 bits per heavy atom. The molecule has 1 unspecified atom stereocenters. The molecule has 1 aromatic rings. The maximum absolute atomic E-state index is 12.2. The van der Waals surface area contributed by atoms with Crippen molar-refractivity contribution in [2.24, 2.45) is 29.1 Å². The average Bonchev–Trinajstić information content (AvgIpc) is 2.85. The standard InChI is InChI=1S/C30H48O7/c1-19(13-14-25(34-8)23-11-10-12-24(15-23)33-7)27-22(4)20(2)16-30(36-27)28(5,6)17-21(3)29(32,37-30)18-26(31)35-9/h10-12,15,19-22,25,27,32H,13-14,16-18H2,1-9H3/t19-,20-,21+,22-,25-,27?,29-,30+/m0/s1. The molecule has 37 heavy (non-hydrogen) atoms. The highest BCUT2D eigenvalue weighted by atomic mass is 16.8. The van der Waals surface area contributed by atoms with Crippen molar-refractivity contribution in [3.63, 3.8) is 0 Å². The second-order valence-corrected chi connectivity index (χ2v) is 12.1. The summed E-state index contributed by atoms with van der Waals surface area (Å²) in [6.07, 6.45) is 2.74. The second-order valence-electron chi connectivity index (χ2n) is 12.1. The largest absolute Gasteiger partial charge is 0.497 e. The number of carbonyl (C=O) groups excluding carboxylic acids is 1. The number of hydrogen-bond acceptors (Lipinski definition) is 7. The zero-order valence-corrected chi connectivity index (χ0v) is 24.2. The van der Waals surface area contributed by atoms with Gasteiger partial charge in [0, 0.05) is 24.9 Å². The monoisotopic (exact) mass is 520 g/mol. The van der Waals surface area contributed by atoms with Gasteiger partial charge in [-0.3, -0.25) is 4.79 Å². The fourth-order valence-corrected chi connectivity index (χ4v) is 6.38. The Morgan fingerprint density at radius 2 is 1.84 bits per heavy atom. The van der Waals surface area contributed by atoms with Crippen LogP contribution in [0.2, 0.25) is 0 Å². The quantitative estimate of drug-likeness (QED) is 0.407. The van der Waals surface area contributed by atoms with Crippen LogP contribution in [0.3, 0.4) is 0 Å². The normalized spacial score (nSPS) is 35.1. The molecular weight excluding hydrogens is 472 g/mol. The SMILES string of the molecule is COC(=O)C[C@]1(O)O[C@]2(C[C@H](C)[C@H](C)C([C@@H](C)CC[C@H](OC)c3cccc(OC)c3)O2)C(C)(C)C[C@H]1C. The van der Waals surface area contributed by atoms with Gasteiger partial charge in [-0.05, 0) is 54.7 Å². The van der Waals surface area contributed by atoms with Gasteiger partial charge in [0.25, 0.3) is 0 Å². The Hall–Kier alpha value is -1.67. The third-order valence-corrected chi connectivity index (χ3v) is 9.11. The molecule has 0 radical (unpaired) electrons. The van der Waals surface area contributed by atoms with Crippen LogP contribution >= 0.6 is 0 Å². The summed E-state index contributed by atoms with van der Waals surface area (Å²) in [6.45, 7) is 12.9. The van der Waals surface area contributed by atoms with E-state index in [1.54, 1.807) is 14.2 Å². The Morgan fingerprint density at radius 1 is 1.14 bits per heavy atom. The summed E-state index contributed by atoms with van der Waals surface area (Å²) in [5, 5.41) is 11.5. The summed E-state index contributed by atoms with van der Waals surface area (Å²) in [4.78, 5) is 12.2. The molecule has 210 valence electrons.